The Labute approximate surface area is 157 Å². The van der Waals surface area contributed by atoms with Crippen LogP contribution in [0.25, 0.3) is 11.1 Å². The third-order valence-electron chi connectivity index (χ3n) is 3.90. The topological polar surface area (TPSA) is 105 Å². The fraction of sp³-hybridized carbons (Fsp3) is 0.105. The highest BCUT2D eigenvalue weighted by atomic mass is 32.2. The first kappa shape index (κ1) is 18.4. The minimum absolute atomic E-state index is 0.0269. The van der Waals surface area contributed by atoms with Gasteiger partial charge in [-0.05, 0) is 47.9 Å². The van der Waals surface area contributed by atoms with E-state index in [9.17, 15) is 8.42 Å². The molecule has 136 valence electrons. The lowest BCUT2D eigenvalue weighted by Gasteiger charge is -2.12. The average Bonchev–Trinajstić information content (AvgIpc) is 2.69. The normalized spacial score (nSPS) is 10.9. The number of sulfonamides is 1. The predicted octanol–water partition coefficient (Wildman–Crippen LogP) is 3.13. The largest absolute Gasteiger partial charge is 0.467 e. The Bertz CT molecular complexity index is 1120. The fourth-order valence-electron chi connectivity index (χ4n) is 2.42. The second kappa shape index (κ2) is 7.43. The molecule has 0 atom stereocenters. The van der Waals surface area contributed by atoms with Crippen LogP contribution in [0, 0.1) is 18.3 Å². The molecule has 0 bridgehead atoms. The number of benzene rings is 2. The maximum Gasteiger partial charge on any atom is 0.317 e. The molecule has 2 aromatic carbocycles. The van der Waals surface area contributed by atoms with Gasteiger partial charge >= 0.3 is 6.01 Å². The average molecular weight is 380 g/mol. The van der Waals surface area contributed by atoms with Gasteiger partial charge in [0.05, 0.1) is 24.4 Å². The third-order valence-corrected chi connectivity index (χ3v) is 5.16. The first-order chi connectivity index (χ1) is 12.9. The maximum absolute atomic E-state index is 12.7. The van der Waals surface area contributed by atoms with E-state index in [1.54, 1.807) is 25.1 Å². The lowest BCUT2D eigenvalue weighted by molar-refractivity contribution is 0.375. The molecule has 0 aliphatic rings. The molecule has 3 aromatic rings. The molecule has 27 heavy (non-hydrogen) atoms. The van der Waals surface area contributed by atoms with E-state index in [0.29, 0.717) is 11.3 Å². The van der Waals surface area contributed by atoms with E-state index in [-0.39, 0.29) is 11.0 Å². The number of hydrogen-bond acceptors (Lipinski definition) is 6. The molecule has 0 unspecified atom stereocenters. The first-order valence-corrected chi connectivity index (χ1v) is 9.42. The summed E-state index contributed by atoms with van der Waals surface area (Å²) in [6.45, 7) is 1.81. The van der Waals surface area contributed by atoms with Gasteiger partial charge in [-0.25, -0.2) is 4.98 Å². The maximum atomic E-state index is 12.7. The predicted molar refractivity (Wildman–Crippen MR) is 101 cm³/mol. The molecule has 0 aliphatic heterocycles. The molecule has 8 heteroatoms. The first-order valence-electron chi connectivity index (χ1n) is 7.94. The lowest BCUT2D eigenvalue weighted by Crippen LogP contribution is -2.15. The molecular formula is C19H16N4O3S. The van der Waals surface area contributed by atoms with Gasteiger partial charge < -0.3 is 4.74 Å². The van der Waals surface area contributed by atoms with E-state index in [2.05, 4.69) is 20.8 Å². The van der Waals surface area contributed by atoms with Crippen molar-refractivity contribution in [1.29, 1.82) is 5.26 Å². The molecular weight excluding hydrogens is 364 g/mol. The number of aryl methyl sites for hydroxylation is 1. The summed E-state index contributed by atoms with van der Waals surface area (Å²) in [7, 11) is -2.54. The summed E-state index contributed by atoms with van der Waals surface area (Å²) in [5.41, 5.74) is 3.46. The zero-order valence-electron chi connectivity index (χ0n) is 14.7. The summed E-state index contributed by atoms with van der Waals surface area (Å²) in [6.07, 6.45) is 1.32. The van der Waals surface area contributed by atoms with E-state index >= 15 is 0 Å². The van der Waals surface area contributed by atoms with Crippen molar-refractivity contribution < 1.29 is 13.2 Å². The third kappa shape index (κ3) is 4.04. The van der Waals surface area contributed by atoms with E-state index < -0.39 is 10.0 Å². The number of hydrogen-bond donors (Lipinski definition) is 1. The zero-order valence-corrected chi connectivity index (χ0v) is 15.5. The highest BCUT2D eigenvalue weighted by Crippen LogP contribution is 2.27. The van der Waals surface area contributed by atoms with Crippen molar-refractivity contribution in [3.8, 4) is 23.2 Å². The summed E-state index contributed by atoms with van der Waals surface area (Å²) >= 11 is 0. The summed E-state index contributed by atoms with van der Waals surface area (Å²) in [5.74, 6) is 0. The van der Waals surface area contributed by atoms with Crippen molar-refractivity contribution >= 4 is 15.7 Å². The Balaban J connectivity index is 1.95. The van der Waals surface area contributed by atoms with E-state index in [1.807, 2.05) is 24.3 Å². The van der Waals surface area contributed by atoms with Crippen molar-refractivity contribution in [3.05, 3.63) is 65.9 Å². The molecule has 1 heterocycles. The number of nitrogens with zero attached hydrogens (tertiary/aromatic N) is 3. The minimum Gasteiger partial charge on any atom is -0.467 e. The van der Waals surface area contributed by atoms with Crippen LogP contribution in [0.15, 0.2) is 59.8 Å². The zero-order chi connectivity index (χ0) is 19.4. The number of nitrogens with one attached hydrogen (secondary N) is 1. The van der Waals surface area contributed by atoms with Gasteiger partial charge in [-0.2, -0.15) is 18.7 Å². The number of ether oxygens (including phenoxy) is 1. The SMILES string of the molecule is COc1nccc(S(=O)(=O)Nc2cc(-c3ccc(C#N)cc3)ccc2C)n1. The smallest absolute Gasteiger partial charge is 0.317 e. The number of rotatable bonds is 5. The van der Waals surface area contributed by atoms with Crippen LogP contribution in [0.5, 0.6) is 6.01 Å². The van der Waals surface area contributed by atoms with Crippen LogP contribution in [0.2, 0.25) is 0 Å². The summed E-state index contributed by atoms with van der Waals surface area (Å²) in [4.78, 5) is 7.69. The molecule has 0 amide bonds. The van der Waals surface area contributed by atoms with Crippen LogP contribution >= 0.6 is 0 Å². The number of nitriles is 1. The Kier molecular flexibility index (Phi) is 5.05. The Morgan fingerprint density at radius 1 is 1.07 bits per heavy atom. The standard InChI is InChI=1S/C19H16N4O3S/c1-13-3-6-16(15-7-4-14(12-20)5-8-15)11-17(13)23-27(24,25)18-9-10-21-19(22-18)26-2/h3-11,23H,1-2H3. The Hall–Kier alpha value is -3.44. The molecule has 0 spiro atoms. The van der Waals surface area contributed by atoms with Crippen LogP contribution in [-0.4, -0.2) is 25.5 Å². The van der Waals surface area contributed by atoms with Crippen LogP contribution in [0.3, 0.4) is 0 Å². The fourth-order valence-corrected chi connectivity index (χ4v) is 3.47. The van der Waals surface area contributed by atoms with Gasteiger partial charge in [-0.1, -0.05) is 24.3 Å². The van der Waals surface area contributed by atoms with Gasteiger partial charge in [0.1, 0.15) is 0 Å². The van der Waals surface area contributed by atoms with E-state index in [4.69, 9.17) is 10.00 Å². The molecule has 0 saturated carbocycles. The van der Waals surface area contributed by atoms with Crippen molar-refractivity contribution in [2.24, 2.45) is 0 Å². The molecule has 0 radical (unpaired) electrons. The van der Waals surface area contributed by atoms with Crippen LogP contribution < -0.4 is 9.46 Å². The molecule has 0 aliphatic carbocycles. The number of anilines is 1. The van der Waals surface area contributed by atoms with Gasteiger partial charge in [-0.15, -0.1) is 0 Å². The van der Waals surface area contributed by atoms with Crippen LogP contribution in [-0.2, 0) is 10.0 Å². The van der Waals surface area contributed by atoms with Crippen molar-refractivity contribution in [1.82, 2.24) is 9.97 Å². The second-order valence-corrected chi connectivity index (χ2v) is 7.34. The summed E-state index contributed by atoms with van der Waals surface area (Å²) < 4.78 is 32.8. The van der Waals surface area contributed by atoms with Gasteiger partial charge in [0, 0.05) is 6.20 Å². The minimum atomic E-state index is -3.90. The summed E-state index contributed by atoms with van der Waals surface area (Å²) in [6, 6.07) is 15.9. The molecule has 3 rings (SSSR count). The van der Waals surface area contributed by atoms with Crippen LogP contribution in [0.1, 0.15) is 11.1 Å². The van der Waals surface area contributed by atoms with Gasteiger partial charge in [-0.3, -0.25) is 4.72 Å². The number of aromatic nitrogens is 2. The monoisotopic (exact) mass is 380 g/mol. The summed E-state index contributed by atoms with van der Waals surface area (Å²) in [5, 5.41) is 8.72. The quantitative estimate of drug-likeness (QED) is 0.682. The Morgan fingerprint density at radius 3 is 2.44 bits per heavy atom. The van der Waals surface area contributed by atoms with Gasteiger partial charge in [0.25, 0.3) is 10.0 Å². The lowest BCUT2D eigenvalue weighted by atomic mass is 10.0. The van der Waals surface area contributed by atoms with Crippen molar-refractivity contribution in [3.63, 3.8) is 0 Å². The second-order valence-electron chi connectivity index (χ2n) is 5.71. The van der Waals surface area contributed by atoms with Crippen molar-refractivity contribution in [2.45, 2.75) is 11.9 Å². The van der Waals surface area contributed by atoms with Gasteiger partial charge in [0.2, 0.25) is 0 Å². The van der Waals surface area contributed by atoms with Gasteiger partial charge in [0.15, 0.2) is 5.03 Å². The number of methoxy groups -OCH3 is 1. The molecule has 7 nitrogen and oxygen atoms in total. The van der Waals surface area contributed by atoms with Crippen molar-refractivity contribution in [2.75, 3.05) is 11.8 Å². The highest BCUT2D eigenvalue weighted by molar-refractivity contribution is 7.92. The van der Waals surface area contributed by atoms with E-state index in [0.717, 1.165) is 16.7 Å². The Morgan fingerprint density at radius 2 is 1.78 bits per heavy atom. The highest BCUT2D eigenvalue weighted by Gasteiger charge is 2.18. The molecule has 1 aromatic heterocycles. The molecule has 1 N–H and O–H groups in total. The molecule has 0 fully saturated rings. The van der Waals surface area contributed by atoms with Crippen LogP contribution in [0.4, 0.5) is 5.69 Å². The van der Waals surface area contributed by atoms with E-state index in [1.165, 1.54) is 19.4 Å². The molecule has 0 saturated heterocycles.